The molecule has 1 aliphatic heterocycles. The fraction of sp³-hybridized carbons (Fsp3) is 0.857. The van der Waals surface area contributed by atoms with E-state index in [1.165, 1.54) is 4.90 Å². The Hall–Kier alpha value is -0.770. The second kappa shape index (κ2) is 4.18. The van der Waals surface area contributed by atoms with E-state index in [0.717, 1.165) is 19.3 Å². The summed E-state index contributed by atoms with van der Waals surface area (Å²) in [6.07, 6.45) is 2.20. The SMILES string of the molecule is [2H]C([2H])([2H])OOC(=O)N1CCCCC1. The molecule has 1 heterocycles. The summed E-state index contributed by atoms with van der Waals surface area (Å²) in [7, 11) is -2.69. The molecule has 4 nitrogen and oxygen atoms in total. The lowest BCUT2D eigenvalue weighted by Crippen LogP contribution is -2.35. The summed E-state index contributed by atoms with van der Waals surface area (Å²) in [6.45, 7) is 1.20. The molecule has 11 heavy (non-hydrogen) atoms. The Bertz CT molecular complexity index is 201. The van der Waals surface area contributed by atoms with Crippen LogP contribution in [0.25, 0.3) is 0 Å². The standard InChI is InChI=1S/C7H13NO3/c1-10-11-7(9)8-5-3-2-4-6-8/h2-6H2,1H3/i1D3. The third kappa shape index (κ3) is 2.38. The number of likely N-dealkylation sites (tertiary alicyclic amines) is 1. The molecule has 0 unspecified atom stereocenters. The van der Waals surface area contributed by atoms with E-state index >= 15 is 0 Å². The molecule has 0 radical (unpaired) electrons. The van der Waals surface area contributed by atoms with Crippen LogP contribution in [-0.2, 0) is 9.78 Å². The average molecular weight is 162 g/mol. The highest BCUT2D eigenvalue weighted by molar-refractivity contribution is 5.66. The van der Waals surface area contributed by atoms with Crippen LogP contribution in [0, 0.1) is 0 Å². The van der Waals surface area contributed by atoms with Crippen molar-refractivity contribution >= 4 is 6.09 Å². The second-order valence-corrected chi connectivity index (χ2v) is 2.48. The maximum absolute atomic E-state index is 11.2. The van der Waals surface area contributed by atoms with Crippen LogP contribution in [0.15, 0.2) is 0 Å². The second-order valence-electron chi connectivity index (χ2n) is 2.48. The summed E-state index contributed by atoms with van der Waals surface area (Å²) < 4.78 is 20.0. The van der Waals surface area contributed by atoms with Crippen molar-refractivity contribution in [3.8, 4) is 0 Å². The predicted octanol–water partition coefficient (Wildman–Crippen LogP) is 1.17. The van der Waals surface area contributed by atoms with Gasteiger partial charge in [-0.25, -0.2) is 4.79 Å². The first-order valence-electron chi connectivity index (χ1n) is 5.14. The summed E-state index contributed by atoms with van der Waals surface area (Å²) in [5, 5.41) is 0. The number of hydrogen-bond donors (Lipinski definition) is 0. The van der Waals surface area contributed by atoms with Gasteiger partial charge in [0.1, 0.15) is 0 Å². The molecule has 0 aromatic carbocycles. The average Bonchev–Trinajstić information content (AvgIpc) is 2.14. The molecule has 0 bridgehead atoms. The number of nitrogens with zero attached hydrogens (tertiary/aromatic N) is 1. The molecule has 1 amide bonds. The Balaban J connectivity index is 2.27. The molecule has 1 rings (SSSR count). The van der Waals surface area contributed by atoms with Crippen LogP contribution in [0.5, 0.6) is 0 Å². The number of carbonyl (C=O) groups is 1. The number of amides is 1. The van der Waals surface area contributed by atoms with Crippen molar-refractivity contribution in [1.29, 1.82) is 0 Å². The minimum atomic E-state index is -2.69. The Kier molecular flexibility index (Phi) is 1.89. The Morgan fingerprint density at radius 1 is 1.45 bits per heavy atom. The first-order valence-corrected chi connectivity index (χ1v) is 3.64. The maximum Gasteiger partial charge on any atom is 0.441 e. The molecule has 0 aromatic heterocycles. The summed E-state index contributed by atoms with van der Waals surface area (Å²) >= 11 is 0. The normalized spacial score (nSPS) is 23.3. The van der Waals surface area contributed by atoms with Crippen LogP contribution in [0.4, 0.5) is 4.79 Å². The van der Waals surface area contributed by atoms with Gasteiger partial charge in [-0.3, -0.25) is 4.89 Å². The lowest BCUT2D eigenvalue weighted by Gasteiger charge is -2.24. The quantitative estimate of drug-likeness (QED) is 0.429. The fourth-order valence-corrected chi connectivity index (χ4v) is 1.16. The monoisotopic (exact) mass is 162 g/mol. The first kappa shape index (κ1) is 4.98. The fourth-order valence-electron chi connectivity index (χ4n) is 1.16. The minimum Gasteiger partial charge on any atom is -0.306 e. The van der Waals surface area contributed by atoms with Crippen molar-refractivity contribution in [3.63, 3.8) is 0 Å². The van der Waals surface area contributed by atoms with Gasteiger partial charge in [-0.1, -0.05) is 0 Å². The lowest BCUT2D eigenvalue weighted by molar-refractivity contribution is -0.221. The van der Waals surface area contributed by atoms with Crippen molar-refractivity contribution < 1.29 is 18.7 Å². The number of hydrogen-bond acceptors (Lipinski definition) is 3. The van der Waals surface area contributed by atoms with E-state index < -0.39 is 13.1 Å². The first-order chi connectivity index (χ1) is 6.49. The van der Waals surface area contributed by atoms with Crippen LogP contribution in [0.2, 0.25) is 0 Å². The molecule has 0 N–H and O–H groups in total. The predicted molar refractivity (Wildman–Crippen MR) is 38.9 cm³/mol. The van der Waals surface area contributed by atoms with E-state index in [1.54, 1.807) is 0 Å². The third-order valence-electron chi connectivity index (χ3n) is 1.73. The third-order valence-corrected chi connectivity index (χ3v) is 1.73. The molecular weight excluding hydrogens is 146 g/mol. The van der Waals surface area contributed by atoms with Gasteiger partial charge in [-0.2, -0.15) is 4.89 Å². The van der Waals surface area contributed by atoms with Gasteiger partial charge in [0.15, 0.2) is 0 Å². The zero-order valence-corrected chi connectivity index (χ0v) is 6.21. The molecule has 1 fully saturated rings. The van der Waals surface area contributed by atoms with Crippen molar-refractivity contribution in [3.05, 3.63) is 0 Å². The molecule has 0 spiro atoms. The van der Waals surface area contributed by atoms with Gasteiger partial charge in [-0.05, 0) is 19.3 Å². The van der Waals surface area contributed by atoms with Crippen molar-refractivity contribution in [1.82, 2.24) is 4.90 Å². The molecule has 4 heteroatoms. The molecule has 0 atom stereocenters. The summed E-state index contributed by atoms with van der Waals surface area (Å²) in [5.41, 5.74) is 0. The molecule has 0 aromatic rings. The van der Waals surface area contributed by atoms with Crippen molar-refractivity contribution in [2.45, 2.75) is 19.3 Å². The maximum atomic E-state index is 11.2. The van der Waals surface area contributed by atoms with Crippen molar-refractivity contribution in [2.75, 3.05) is 20.1 Å². The van der Waals surface area contributed by atoms with Gasteiger partial charge >= 0.3 is 6.09 Å². The van der Waals surface area contributed by atoms with Crippen LogP contribution in [0.3, 0.4) is 0 Å². The molecule has 0 aliphatic carbocycles. The molecule has 0 saturated carbocycles. The Labute approximate surface area is 70.2 Å². The van der Waals surface area contributed by atoms with Crippen LogP contribution in [0.1, 0.15) is 23.4 Å². The van der Waals surface area contributed by atoms with Crippen LogP contribution in [-0.4, -0.2) is 31.1 Å². The van der Waals surface area contributed by atoms with E-state index in [4.69, 9.17) is 4.11 Å². The highest BCUT2D eigenvalue weighted by atomic mass is 17.2. The number of piperidine rings is 1. The zero-order chi connectivity index (χ0) is 10.6. The van der Waals surface area contributed by atoms with Gasteiger partial charge in [0.2, 0.25) is 0 Å². The van der Waals surface area contributed by atoms with Gasteiger partial charge in [0.25, 0.3) is 0 Å². The van der Waals surface area contributed by atoms with Gasteiger partial charge in [0, 0.05) is 13.1 Å². The summed E-state index contributed by atoms with van der Waals surface area (Å²) in [6, 6.07) is 0. The summed E-state index contributed by atoms with van der Waals surface area (Å²) in [5.74, 6) is 0. The lowest BCUT2D eigenvalue weighted by atomic mass is 10.1. The molecule has 64 valence electrons. The van der Waals surface area contributed by atoms with E-state index in [-0.39, 0.29) is 0 Å². The highest BCUT2D eigenvalue weighted by Crippen LogP contribution is 2.09. The van der Waals surface area contributed by atoms with Gasteiger partial charge in [-0.15, -0.1) is 0 Å². The number of carbonyl (C=O) groups excluding carboxylic acids is 1. The van der Waals surface area contributed by atoms with Gasteiger partial charge in [0.05, 0.1) is 11.2 Å². The van der Waals surface area contributed by atoms with Crippen LogP contribution >= 0.6 is 0 Å². The Morgan fingerprint density at radius 3 is 2.82 bits per heavy atom. The van der Waals surface area contributed by atoms with E-state index in [2.05, 4.69) is 9.78 Å². The molecule has 1 aliphatic rings. The van der Waals surface area contributed by atoms with Crippen LogP contribution < -0.4 is 0 Å². The minimum absolute atomic E-state index is 0.600. The smallest absolute Gasteiger partial charge is 0.306 e. The summed E-state index contributed by atoms with van der Waals surface area (Å²) in [4.78, 5) is 20.7. The van der Waals surface area contributed by atoms with E-state index in [9.17, 15) is 4.79 Å². The van der Waals surface area contributed by atoms with Gasteiger partial charge < -0.3 is 4.90 Å². The van der Waals surface area contributed by atoms with Crippen molar-refractivity contribution in [2.24, 2.45) is 0 Å². The van der Waals surface area contributed by atoms with E-state index in [1.807, 2.05) is 0 Å². The molecule has 1 saturated heterocycles. The number of rotatable bonds is 1. The zero-order valence-electron chi connectivity index (χ0n) is 9.21. The topological polar surface area (TPSA) is 38.8 Å². The largest absolute Gasteiger partial charge is 0.441 e. The Morgan fingerprint density at radius 2 is 2.18 bits per heavy atom. The van der Waals surface area contributed by atoms with E-state index in [0.29, 0.717) is 13.1 Å². The highest BCUT2D eigenvalue weighted by Gasteiger charge is 2.17. The molecular formula is C7H13NO3.